The summed E-state index contributed by atoms with van der Waals surface area (Å²) in [7, 11) is 1.46. The summed E-state index contributed by atoms with van der Waals surface area (Å²) in [6.45, 7) is 0. The van der Waals surface area contributed by atoms with Crippen molar-refractivity contribution in [2.75, 3.05) is 12.4 Å². The van der Waals surface area contributed by atoms with E-state index in [2.05, 4.69) is 5.32 Å². The van der Waals surface area contributed by atoms with Crippen molar-refractivity contribution in [1.82, 2.24) is 0 Å². The van der Waals surface area contributed by atoms with Gasteiger partial charge in [-0.15, -0.1) is 0 Å². The van der Waals surface area contributed by atoms with E-state index >= 15 is 0 Å². The van der Waals surface area contributed by atoms with Crippen LogP contribution in [-0.4, -0.2) is 19.0 Å². The SMILES string of the molecule is CNc1c(C(=O)C(F)(F)F)cc(Cl)c2ccccc12. The highest BCUT2D eigenvalue weighted by Crippen LogP contribution is 2.36. The number of Topliss-reactive ketones (excluding diaryl/α,β-unsaturated/α-hetero) is 1. The highest BCUT2D eigenvalue weighted by atomic mass is 35.5. The standard InChI is InChI=1S/C13H9ClF3NO/c1-18-11-8-5-3-2-4-7(8)10(14)6-9(11)12(19)13(15,16)17/h2-6,18H,1H3. The van der Waals surface area contributed by atoms with Crippen molar-refractivity contribution < 1.29 is 18.0 Å². The van der Waals surface area contributed by atoms with Crippen molar-refractivity contribution in [3.63, 3.8) is 0 Å². The average Bonchev–Trinajstić information content (AvgIpc) is 2.37. The number of ketones is 1. The van der Waals surface area contributed by atoms with Crippen molar-refractivity contribution in [3.05, 3.63) is 40.9 Å². The Morgan fingerprint density at radius 3 is 2.32 bits per heavy atom. The van der Waals surface area contributed by atoms with Gasteiger partial charge in [0.25, 0.3) is 5.78 Å². The lowest BCUT2D eigenvalue weighted by atomic mass is 10.0. The van der Waals surface area contributed by atoms with Crippen LogP contribution < -0.4 is 5.32 Å². The molecule has 100 valence electrons. The molecule has 6 heteroatoms. The van der Waals surface area contributed by atoms with Gasteiger partial charge in [-0.2, -0.15) is 13.2 Å². The Morgan fingerprint density at radius 2 is 1.79 bits per heavy atom. The van der Waals surface area contributed by atoms with E-state index in [1.807, 2.05) is 0 Å². The Hall–Kier alpha value is -1.75. The Balaban J connectivity index is 2.79. The number of benzene rings is 2. The first kappa shape index (κ1) is 13.7. The summed E-state index contributed by atoms with van der Waals surface area (Å²) < 4.78 is 37.7. The van der Waals surface area contributed by atoms with Crippen LogP contribution in [0.4, 0.5) is 18.9 Å². The van der Waals surface area contributed by atoms with Gasteiger partial charge < -0.3 is 5.32 Å². The average molecular weight is 288 g/mol. The Labute approximate surface area is 112 Å². The summed E-state index contributed by atoms with van der Waals surface area (Å²) in [5.41, 5.74) is -0.346. The zero-order valence-corrected chi connectivity index (χ0v) is 10.6. The third-order valence-corrected chi connectivity index (χ3v) is 3.06. The van der Waals surface area contributed by atoms with Crippen LogP contribution in [0.1, 0.15) is 10.4 Å². The van der Waals surface area contributed by atoms with E-state index in [0.717, 1.165) is 6.07 Å². The van der Waals surface area contributed by atoms with E-state index in [-0.39, 0.29) is 10.7 Å². The number of halogens is 4. The second kappa shape index (κ2) is 4.74. The van der Waals surface area contributed by atoms with Gasteiger partial charge >= 0.3 is 6.18 Å². The second-order valence-electron chi connectivity index (χ2n) is 3.90. The summed E-state index contributed by atoms with van der Waals surface area (Å²) in [6.07, 6.45) is -4.93. The van der Waals surface area contributed by atoms with Gasteiger partial charge in [0.05, 0.1) is 11.3 Å². The fourth-order valence-electron chi connectivity index (χ4n) is 1.93. The van der Waals surface area contributed by atoms with Crippen molar-refractivity contribution in [1.29, 1.82) is 0 Å². The number of anilines is 1. The minimum absolute atomic E-state index is 0.113. The molecule has 0 fully saturated rings. The van der Waals surface area contributed by atoms with Crippen LogP contribution in [-0.2, 0) is 0 Å². The van der Waals surface area contributed by atoms with Crippen molar-refractivity contribution in [3.8, 4) is 0 Å². The summed E-state index contributed by atoms with van der Waals surface area (Å²) >= 11 is 5.94. The molecule has 2 aromatic rings. The third kappa shape index (κ3) is 2.38. The second-order valence-corrected chi connectivity index (χ2v) is 4.31. The van der Waals surface area contributed by atoms with Gasteiger partial charge in [0.1, 0.15) is 0 Å². The van der Waals surface area contributed by atoms with Gasteiger partial charge in [-0.3, -0.25) is 4.79 Å². The molecule has 0 aliphatic rings. The highest BCUT2D eigenvalue weighted by Gasteiger charge is 2.40. The molecule has 2 nitrogen and oxygen atoms in total. The maximum Gasteiger partial charge on any atom is 0.454 e. The minimum atomic E-state index is -4.93. The lowest BCUT2D eigenvalue weighted by molar-refractivity contribution is -0.0884. The fraction of sp³-hybridized carbons (Fsp3) is 0.154. The molecule has 0 amide bonds. The molecule has 2 rings (SSSR count). The zero-order valence-electron chi connectivity index (χ0n) is 9.81. The molecule has 0 heterocycles. The van der Waals surface area contributed by atoms with Crippen LogP contribution in [0.5, 0.6) is 0 Å². The molecule has 2 aromatic carbocycles. The normalized spacial score (nSPS) is 11.6. The number of nitrogens with one attached hydrogen (secondary N) is 1. The smallest absolute Gasteiger partial charge is 0.387 e. The van der Waals surface area contributed by atoms with Crippen molar-refractivity contribution >= 4 is 33.8 Å². The number of fused-ring (bicyclic) bond motifs is 1. The summed E-state index contributed by atoms with van der Waals surface area (Å²) in [5.74, 6) is -1.91. The van der Waals surface area contributed by atoms with Crippen LogP contribution >= 0.6 is 11.6 Å². The molecular weight excluding hydrogens is 279 g/mol. The van der Waals surface area contributed by atoms with Gasteiger partial charge in [-0.25, -0.2) is 0 Å². The van der Waals surface area contributed by atoms with Crippen LogP contribution in [0.3, 0.4) is 0 Å². The molecule has 0 saturated carbocycles. The first-order chi connectivity index (χ1) is 8.86. The van der Waals surface area contributed by atoms with E-state index in [0.29, 0.717) is 10.8 Å². The quantitative estimate of drug-likeness (QED) is 0.835. The largest absolute Gasteiger partial charge is 0.454 e. The summed E-state index contributed by atoms with van der Waals surface area (Å²) in [6, 6.07) is 7.73. The highest BCUT2D eigenvalue weighted by molar-refractivity contribution is 6.37. The molecule has 0 atom stereocenters. The van der Waals surface area contributed by atoms with Gasteiger partial charge in [0, 0.05) is 22.8 Å². The number of hydrogen-bond acceptors (Lipinski definition) is 2. The number of carbonyl (C=O) groups excluding carboxylic acids is 1. The molecular formula is C13H9ClF3NO. The van der Waals surface area contributed by atoms with Gasteiger partial charge in [-0.1, -0.05) is 35.9 Å². The van der Waals surface area contributed by atoms with Crippen LogP contribution in [0, 0.1) is 0 Å². The molecule has 0 aliphatic carbocycles. The molecule has 0 unspecified atom stereocenters. The van der Waals surface area contributed by atoms with E-state index in [9.17, 15) is 18.0 Å². The Kier molecular flexibility index (Phi) is 3.41. The molecule has 0 bridgehead atoms. The lowest BCUT2D eigenvalue weighted by Gasteiger charge is -2.14. The Bertz CT molecular complexity index is 652. The maximum atomic E-state index is 12.6. The maximum absolute atomic E-state index is 12.6. The van der Waals surface area contributed by atoms with Crippen molar-refractivity contribution in [2.45, 2.75) is 6.18 Å². The molecule has 1 N–H and O–H groups in total. The topological polar surface area (TPSA) is 29.1 Å². The van der Waals surface area contributed by atoms with E-state index in [1.54, 1.807) is 24.3 Å². The number of hydrogen-bond donors (Lipinski definition) is 1. The molecule has 0 spiro atoms. The van der Waals surface area contributed by atoms with Crippen LogP contribution in [0.15, 0.2) is 30.3 Å². The number of rotatable bonds is 2. The fourth-order valence-corrected chi connectivity index (χ4v) is 2.21. The minimum Gasteiger partial charge on any atom is -0.387 e. The predicted octanol–water partition coefficient (Wildman–Crippen LogP) is 4.28. The zero-order chi connectivity index (χ0) is 14.2. The summed E-state index contributed by atoms with van der Waals surface area (Å²) in [5, 5.41) is 3.82. The van der Waals surface area contributed by atoms with E-state index in [4.69, 9.17) is 11.6 Å². The predicted molar refractivity (Wildman–Crippen MR) is 68.9 cm³/mol. The molecule has 0 aromatic heterocycles. The van der Waals surface area contributed by atoms with Crippen LogP contribution in [0.2, 0.25) is 5.02 Å². The Morgan fingerprint density at radius 1 is 1.21 bits per heavy atom. The van der Waals surface area contributed by atoms with Crippen molar-refractivity contribution in [2.24, 2.45) is 0 Å². The van der Waals surface area contributed by atoms with E-state index < -0.39 is 17.5 Å². The van der Waals surface area contributed by atoms with Gasteiger partial charge in [0.2, 0.25) is 0 Å². The first-order valence-corrected chi connectivity index (χ1v) is 5.74. The molecule has 19 heavy (non-hydrogen) atoms. The van der Waals surface area contributed by atoms with Gasteiger partial charge in [-0.05, 0) is 6.07 Å². The summed E-state index contributed by atoms with van der Waals surface area (Å²) in [4.78, 5) is 11.4. The van der Waals surface area contributed by atoms with Gasteiger partial charge in [0.15, 0.2) is 0 Å². The first-order valence-electron chi connectivity index (χ1n) is 5.36. The molecule has 0 saturated heterocycles. The number of alkyl halides is 3. The lowest BCUT2D eigenvalue weighted by Crippen LogP contribution is -2.23. The van der Waals surface area contributed by atoms with Crippen LogP contribution in [0.25, 0.3) is 10.8 Å². The monoisotopic (exact) mass is 287 g/mol. The molecule has 0 aliphatic heterocycles. The van der Waals surface area contributed by atoms with E-state index in [1.165, 1.54) is 7.05 Å². The molecule has 0 radical (unpaired) electrons. The number of carbonyl (C=O) groups is 1. The third-order valence-electron chi connectivity index (χ3n) is 2.75.